The molecule has 0 atom stereocenters. The second kappa shape index (κ2) is 6.15. The molecule has 1 fully saturated rings. The minimum atomic E-state index is -0.654. The number of nitrogens with one attached hydrogen (secondary N) is 1. The van der Waals surface area contributed by atoms with E-state index in [2.05, 4.69) is 5.32 Å². The molecule has 7 heteroatoms. The van der Waals surface area contributed by atoms with E-state index >= 15 is 0 Å². The molecule has 0 saturated carbocycles. The van der Waals surface area contributed by atoms with E-state index < -0.39 is 11.9 Å². The van der Waals surface area contributed by atoms with Gasteiger partial charge in [-0.05, 0) is 29.6 Å². The van der Waals surface area contributed by atoms with Gasteiger partial charge in [-0.1, -0.05) is 12.1 Å². The van der Waals surface area contributed by atoms with Gasteiger partial charge in [0, 0.05) is 5.69 Å². The number of hydrogen-bond acceptors (Lipinski definition) is 4. The second-order valence-electron chi connectivity index (χ2n) is 4.85. The van der Waals surface area contributed by atoms with Gasteiger partial charge in [0.1, 0.15) is 11.9 Å². The van der Waals surface area contributed by atoms with E-state index in [1.165, 1.54) is 29.5 Å². The van der Waals surface area contributed by atoms with Crippen molar-refractivity contribution in [3.63, 3.8) is 0 Å². The Morgan fingerprint density at radius 1 is 1.27 bits per heavy atom. The Morgan fingerprint density at radius 2 is 2.09 bits per heavy atom. The van der Waals surface area contributed by atoms with Crippen LogP contribution >= 0.6 is 11.3 Å². The summed E-state index contributed by atoms with van der Waals surface area (Å²) in [7, 11) is 0. The van der Waals surface area contributed by atoms with E-state index in [1.54, 1.807) is 17.0 Å². The SMILES string of the molecule is O=C(Nc1cccc(F)c1)OC1CN(C(=O)c2cccs2)C1. The van der Waals surface area contributed by atoms with Crippen LogP contribution < -0.4 is 5.32 Å². The van der Waals surface area contributed by atoms with Crippen LogP contribution in [0.2, 0.25) is 0 Å². The molecule has 0 spiro atoms. The standard InChI is InChI=1S/C15H13FN2O3S/c16-10-3-1-4-11(7-10)17-15(20)21-12-8-18(9-12)14(19)13-5-2-6-22-13/h1-7,12H,8-9H2,(H,17,20). The van der Waals surface area contributed by atoms with E-state index in [0.717, 1.165) is 0 Å². The van der Waals surface area contributed by atoms with Gasteiger partial charge < -0.3 is 9.64 Å². The molecule has 114 valence electrons. The molecule has 0 unspecified atom stereocenters. The highest BCUT2D eigenvalue weighted by molar-refractivity contribution is 7.12. The fourth-order valence-electron chi connectivity index (χ4n) is 2.10. The van der Waals surface area contributed by atoms with Crippen LogP contribution in [-0.2, 0) is 4.74 Å². The zero-order valence-electron chi connectivity index (χ0n) is 11.5. The van der Waals surface area contributed by atoms with E-state index in [0.29, 0.717) is 23.7 Å². The Kier molecular flexibility index (Phi) is 4.06. The predicted molar refractivity (Wildman–Crippen MR) is 80.5 cm³/mol. The molecule has 1 aromatic heterocycles. The van der Waals surface area contributed by atoms with Crippen molar-refractivity contribution in [2.45, 2.75) is 6.10 Å². The molecule has 1 aromatic carbocycles. The first-order chi connectivity index (χ1) is 10.6. The smallest absolute Gasteiger partial charge is 0.412 e. The number of ether oxygens (including phenoxy) is 1. The van der Waals surface area contributed by atoms with Gasteiger partial charge in [0.25, 0.3) is 5.91 Å². The number of anilines is 1. The number of benzene rings is 1. The topological polar surface area (TPSA) is 58.6 Å². The minimum Gasteiger partial charge on any atom is -0.442 e. The van der Waals surface area contributed by atoms with Gasteiger partial charge in [-0.2, -0.15) is 0 Å². The zero-order valence-corrected chi connectivity index (χ0v) is 12.3. The summed E-state index contributed by atoms with van der Waals surface area (Å²) in [5.74, 6) is -0.491. The Bertz CT molecular complexity index is 684. The van der Waals surface area contributed by atoms with Crippen molar-refractivity contribution in [2.24, 2.45) is 0 Å². The van der Waals surface area contributed by atoms with Crippen molar-refractivity contribution in [2.75, 3.05) is 18.4 Å². The molecular formula is C15H13FN2O3S. The van der Waals surface area contributed by atoms with E-state index in [4.69, 9.17) is 4.74 Å². The molecule has 2 aromatic rings. The first kappa shape index (κ1) is 14.5. The van der Waals surface area contributed by atoms with Crippen LogP contribution in [0.15, 0.2) is 41.8 Å². The third-order valence-electron chi connectivity index (χ3n) is 3.21. The first-order valence-corrected chi connectivity index (χ1v) is 7.56. The average Bonchev–Trinajstić information content (AvgIpc) is 2.96. The van der Waals surface area contributed by atoms with Crippen molar-refractivity contribution in [3.05, 3.63) is 52.5 Å². The number of carbonyl (C=O) groups excluding carboxylic acids is 2. The molecule has 3 rings (SSSR count). The maximum atomic E-state index is 13.0. The first-order valence-electron chi connectivity index (χ1n) is 6.68. The second-order valence-corrected chi connectivity index (χ2v) is 5.80. The fraction of sp³-hybridized carbons (Fsp3) is 0.200. The van der Waals surface area contributed by atoms with Gasteiger partial charge >= 0.3 is 6.09 Å². The van der Waals surface area contributed by atoms with Crippen LogP contribution in [0.4, 0.5) is 14.9 Å². The Morgan fingerprint density at radius 3 is 2.77 bits per heavy atom. The van der Waals surface area contributed by atoms with Crippen molar-refractivity contribution in [1.29, 1.82) is 0 Å². The number of thiophene rings is 1. The summed E-state index contributed by atoms with van der Waals surface area (Å²) < 4.78 is 18.2. The number of likely N-dealkylation sites (tertiary alicyclic amines) is 1. The number of halogens is 1. The number of amides is 2. The van der Waals surface area contributed by atoms with E-state index in [9.17, 15) is 14.0 Å². The van der Waals surface area contributed by atoms with Crippen LogP contribution in [0.25, 0.3) is 0 Å². The molecular weight excluding hydrogens is 307 g/mol. The summed E-state index contributed by atoms with van der Waals surface area (Å²) in [5.41, 5.74) is 0.329. The van der Waals surface area contributed by atoms with Crippen LogP contribution in [0, 0.1) is 5.82 Å². The Hall–Kier alpha value is -2.41. The monoisotopic (exact) mass is 320 g/mol. The minimum absolute atomic E-state index is 0.0552. The average molecular weight is 320 g/mol. The molecule has 2 amide bonds. The summed E-state index contributed by atoms with van der Waals surface area (Å²) in [6, 6.07) is 9.13. The molecule has 22 heavy (non-hydrogen) atoms. The van der Waals surface area contributed by atoms with Gasteiger partial charge in [-0.15, -0.1) is 11.3 Å². The number of rotatable bonds is 3. The van der Waals surface area contributed by atoms with Crippen molar-refractivity contribution in [1.82, 2.24) is 4.90 Å². The zero-order chi connectivity index (χ0) is 15.5. The maximum Gasteiger partial charge on any atom is 0.412 e. The molecule has 1 aliphatic rings. The lowest BCUT2D eigenvalue weighted by Gasteiger charge is -2.37. The number of hydrogen-bond donors (Lipinski definition) is 1. The lowest BCUT2D eigenvalue weighted by Crippen LogP contribution is -2.55. The number of carbonyl (C=O) groups is 2. The number of nitrogens with zero attached hydrogens (tertiary/aromatic N) is 1. The van der Waals surface area contributed by atoms with Gasteiger partial charge in [0.2, 0.25) is 0 Å². The summed E-state index contributed by atoms with van der Waals surface area (Å²) in [6.07, 6.45) is -0.990. The Balaban J connectivity index is 1.46. The van der Waals surface area contributed by atoms with Crippen molar-refractivity contribution in [3.8, 4) is 0 Å². The van der Waals surface area contributed by atoms with Gasteiger partial charge in [0.05, 0.1) is 18.0 Å². The molecule has 0 aliphatic carbocycles. The van der Waals surface area contributed by atoms with Gasteiger partial charge in [-0.3, -0.25) is 10.1 Å². The third kappa shape index (κ3) is 3.25. The lowest BCUT2D eigenvalue weighted by atomic mass is 10.1. The normalized spacial score (nSPS) is 14.3. The highest BCUT2D eigenvalue weighted by atomic mass is 32.1. The Labute approximate surface area is 130 Å². The summed E-state index contributed by atoms with van der Waals surface area (Å²) in [5, 5.41) is 4.29. The van der Waals surface area contributed by atoms with Crippen molar-refractivity contribution >= 4 is 29.0 Å². The van der Waals surface area contributed by atoms with Crippen LogP contribution in [-0.4, -0.2) is 36.1 Å². The third-order valence-corrected chi connectivity index (χ3v) is 4.07. The molecule has 1 N–H and O–H groups in total. The molecule has 1 saturated heterocycles. The highest BCUT2D eigenvalue weighted by Gasteiger charge is 2.34. The highest BCUT2D eigenvalue weighted by Crippen LogP contribution is 2.19. The largest absolute Gasteiger partial charge is 0.442 e. The molecule has 0 radical (unpaired) electrons. The molecule has 0 bridgehead atoms. The molecule has 2 heterocycles. The van der Waals surface area contributed by atoms with Crippen LogP contribution in [0.5, 0.6) is 0 Å². The van der Waals surface area contributed by atoms with Crippen molar-refractivity contribution < 1.29 is 18.7 Å². The van der Waals surface area contributed by atoms with E-state index in [-0.39, 0.29) is 12.0 Å². The summed E-state index contributed by atoms with van der Waals surface area (Å²) in [6.45, 7) is 0.737. The fourth-order valence-corrected chi connectivity index (χ4v) is 2.79. The molecule has 1 aliphatic heterocycles. The van der Waals surface area contributed by atoms with Crippen LogP contribution in [0.3, 0.4) is 0 Å². The summed E-state index contributed by atoms with van der Waals surface area (Å²) >= 11 is 1.38. The quantitative estimate of drug-likeness (QED) is 0.946. The van der Waals surface area contributed by atoms with Crippen LogP contribution in [0.1, 0.15) is 9.67 Å². The maximum absolute atomic E-state index is 13.0. The molecule has 5 nitrogen and oxygen atoms in total. The van der Waals surface area contributed by atoms with E-state index in [1.807, 2.05) is 11.4 Å². The van der Waals surface area contributed by atoms with Gasteiger partial charge in [0.15, 0.2) is 0 Å². The predicted octanol–water partition coefficient (Wildman–Crippen LogP) is 2.96. The van der Waals surface area contributed by atoms with Gasteiger partial charge in [-0.25, -0.2) is 9.18 Å². The summed E-state index contributed by atoms with van der Waals surface area (Å²) in [4.78, 5) is 25.9. The lowest BCUT2D eigenvalue weighted by molar-refractivity contribution is -0.00177.